The van der Waals surface area contributed by atoms with E-state index < -0.39 is 5.97 Å². The highest BCUT2D eigenvalue weighted by Gasteiger charge is 2.25. The van der Waals surface area contributed by atoms with Crippen LogP contribution in [-0.4, -0.2) is 51.3 Å². The smallest absolute Gasteiger partial charge is 0.341 e. The molecule has 0 radical (unpaired) electrons. The van der Waals surface area contributed by atoms with Gasteiger partial charge in [-0.3, -0.25) is 4.79 Å². The van der Waals surface area contributed by atoms with Crippen LogP contribution in [0.25, 0.3) is 11.3 Å². The van der Waals surface area contributed by atoms with Gasteiger partial charge in [-0.1, -0.05) is 0 Å². The van der Waals surface area contributed by atoms with Crippen molar-refractivity contribution in [2.75, 3.05) is 44.8 Å². The standard InChI is InChI=1S/C17H20N2O5S/c1-2-23-17(21)15-12(13-4-3-7-24-13)11-25-16(15)18-14(20)10-19-5-8-22-9-6-19/h3-4,7,11H,2,5-6,8-10H2,1H3,(H,18,20)/p+1. The number of esters is 1. The number of furan rings is 1. The lowest BCUT2D eigenvalue weighted by molar-refractivity contribution is -0.899. The summed E-state index contributed by atoms with van der Waals surface area (Å²) >= 11 is 1.29. The Balaban J connectivity index is 1.78. The van der Waals surface area contributed by atoms with Crippen LogP contribution in [-0.2, 0) is 14.3 Å². The second-order valence-electron chi connectivity index (χ2n) is 5.64. The third-order valence-corrected chi connectivity index (χ3v) is 4.82. The van der Waals surface area contributed by atoms with Gasteiger partial charge in [0.1, 0.15) is 29.4 Å². The monoisotopic (exact) mass is 365 g/mol. The lowest BCUT2D eigenvalue weighted by Crippen LogP contribution is -3.15. The number of morpholine rings is 1. The zero-order valence-electron chi connectivity index (χ0n) is 14.0. The van der Waals surface area contributed by atoms with Gasteiger partial charge in [0.25, 0.3) is 5.91 Å². The van der Waals surface area contributed by atoms with Gasteiger partial charge in [-0.15, -0.1) is 11.3 Å². The van der Waals surface area contributed by atoms with E-state index in [9.17, 15) is 9.59 Å². The Morgan fingerprint density at radius 3 is 2.84 bits per heavy atom. The quantitative estimate of drug-likeness (QED) is 0.748. The molecule has 134 valence electrons. The topological polar surface area (TPSA) is 82.2 Å². The molecule has 2 N–H and O–H groups in total. The Labute approximate surface area is 149 Å². The van der Waals surface area contributed by atoms with Crippen molar-refractivity contribution in [3.63, 3.8) is 0 Å². The van der Waals surface area contributed by atoms with Crippen LogP contribution < -0.4 is 10.2 Å². The minimum atomic E-state index is -0.468. The predicted molar refractivity (Wildman–Crippen MR) is 93.0 cm³/mol. The minimum Gasteiger partial charge on any atom is -0.464 e. The van der Waals surface area contributed by atoms with E-state index in [4.69, 9.17) is 13.9 Å². The van der Waals surface area contributed by atoms with Crippen molar-refractivity contribution >= 4 is 28.2 Å². The Hall–Kier alpha value is -2.16. The van der Waals surface area contributed by atoms with Crippen molar-refractivity contribution in [1.29, 1.82) is 0 Å². The third-order valence-electron chi connectivity index (χ3n) is 3.92. The zero-order valence-corrected chi connectivity index (χ0v) is 14.8. The predicted octanol–water partition coefficient (Wildman–Crippen LogP) is 1.04. The van der Waals surface area contributed by atoms with Gasteiger partial charge < -0.3 is 24.1 Å². The number of rotatable bonds is 6. The van der Waals surface area contributed by atoms with Gasteiger partial charge in [0, 0.05) is 10.9 Å². The highest BCUT2D eigenvalue weighted by molar-refractivity contribution is 7.15. The molecule has 0 aliphatic carbocycles. The van der Waals surface area contributed by atoms with Gasteiger partial charge >= 0.3 is 5.97 Å². The number of amides is 1. The van der Waals surface area contributed by atoms with Crippen molar-refractivity contribution in [2.45, 2.75) is 6.92 Å². The lowest BCUT2D eigenvalue weighted by atomic mass is 10.1. The summed E-state index contributed by atoms with van der Waals surface area (Å²) in [4.78, 5) is 25.9. The summed E-state index contributed by atoms with van der Waals surface area (Å²) < 4.78 is 15.8. The van der Waals surface area contributed by atoms with Crippen molar-refractivity contribution in [2.24, 2.45) is 0 Å². The maximum Gasteiger partial charge on any atom is 0.341 e. The lowest BCUT2D eigenvalue weighted by Gasteiger charge is -2.23. The van der Waals surface area contributed by atoms with E-state index in [1.165, 1.54) is 16.2 Å². The fourth-order valence-corrected chi connectivity index (χ4v) is 3.66. The molecule has 0 unspecified atom stereocenters. The molecule has 0 bridgehead atoms. The number of nitrogens with one attached hydrogen (secondary N) is 2. The minimum absolute atomic E-state index is 0.129. The molecule has 1 aliphatic rings. The van der Waals surface area contributed by atoms with Gasteiger partial charge in [0.05, 0.1) is 26.1 Å². The first kappa shape index (κ1) is 17.7. The van der Waals surface area contributed by atoms with E-state index in [1.54, 1.807) is 30.7 Å². The SMILES string of the molecule is CCOC(=O)c1c(-c2ccco2)csc1NC(=O)C[NH+]1CCOCC1. The van der Waals surface area contributed by atoms with Crippen LogP contribution in [0.1, 0.15) is 17.3 Å². The molecule has 1 aliphatic heterocycles. The molecule has 0 aromatic carbocycles. The van der Waals surface area contributed by atoms with Gasteiger partial charge in [-0.25, -0.2) is 4.79 Å². The van der Waals surface area contributed by atoms with Crippen LogP contribution in [0.3, 0.4) is 0 Å². The summed E-state index contributed by atoms with van der Waals surface area (Å²) in [6.45, 7) is 5.30. The maximum atomic E-state index is 12.4. The number of thiophene rings is 1. The van der Waals surface area contributed by atoms with E-state index in [0.29, 0.717) is 41.6 Å². The maximum absolute atomic E-state index is 12.4. The first-order chi connectivity index (χ1) is 12.2. The number of carbonyl (C=O) groups excluding carboxylic acids is 2. The third kappa shape index (κ3) is 4.28. The van der Waals surface area contributed by atoms with E-state index >= 15 is 0 Å². The molecule has 25 heavy (non-hydrogen) atoms. The molecule has 3 heterocycles. The molecular formula is C17H21N2O5S+. The Morgan fingerprint density at radius 1 is 1.36 bits per heavy atom. The molecule has 1 fully saturated rings. The summed E-state index contributed by atoms with van der Waals surface area (Å²) in [5.41, 5.74) is 0.967. The fraction of sp³-hybridized carbons (Fsp3) is 0.412. The van der Waals surface area contributed by atoms with Crippen LogP contribution in [0.2, 0.25) is 0 Å². The van der Waals surface area contributed by atoms with E-state index in [-0.39, 0.29) is 12.5 Å². The largest absolute Gasteiger partial charge is 0.464 e. The van der Waals surface area contributed by atoms with Gasteiger partial charge in [-0.05, 0) is 19.1 Å². The first-order valence-electron chi connectivity index (χ1n) is 8.22. The average molecular weight is 365 g/mol. The van der Waals surface area contributed by atoms with Crippen LogP contribution in [0, 0.1) is 0 Å². The molecule has 2 aromatic rings. The Morgan fingerprint density at radius 2 is 2.16 bits per heavy atom. The molecule has 3 rings (SSSR count). The van der Waals surface area contributed by atoms with Crippen molar-refractivity contribution in [1.82, 2.24) is 0 Å². The number of hydrogen-bond acceptors (Lipinski definition) is 6. The van der Waals surface area contributed by atoms with Crippen molar-refractivity contribution in [3.8, 4) is 11.3 Å². The Kier molecular flexibility index (Phi) is 5.85. The molecule has 0 atom stereocenters. The highest BCUT2D eigenvalue weighted by atomic mass is 32.1. The summed E-state index contributed by atoms with van der Waals surface area (Å²) in [5, 5.41) is 5.14. The summed E-state index contributed by atoms with van der Waals surface area (Å²) in [6.07, 6.45) is 1.54. The second kappa shape index (κ2) is 8.28. The summed E-state index contributed by atoms with van der Waals surface area (Å²) in [6, 6.07) is 3.52. The van der Waals surface area contributed by atoms with Gasteiger partial charge in [-0.2, -0.15) is 0 Å². The van der Waals surface area contributed by atoms with Crippen LogP contribution in [0.15, 0.2) is 28.2 Å². The van der Waals surface area contributed by atoms with E-state index in [0.717, 1.165) is 13.1 Å². The molecule has 0 spiro atoms. The first-order valence-corrected chi connectivity index (χ1v) is 9.10. The number of anilines is 1. The average Bonchev–Trinajstić information content (AvgIpc) is 3.25. The molecule has 0 saturated carbocycles. The zero-order chi connectivity index (χ0) is 17.6. The number of ether oxygens (including phenoxy) is 2. The molecule has 8 heteroatoms. The molecule has 1 saturated heterocycles. The van der Waals surface area contributed by atoms with Crippen LogP contribution in [0.4, 0.5) is 5.00 Å². The molecule has 2 aromatic heterocycles. The van der Waals surface area contributed by atoms with Crippen LogP contribution >= 0.6 is 11.3 Å². The molecule has 1 amide bonds. The summed E-state index contributed by atoms with van der Waals surface area (Å²) in [7, 11) is 0. The van der Waals surface area contributed by atoms with E-state index in [2.05, 4.69) is 5.32 Å². The van der Waals surface area contributed by atoms with Crippen molar-refractivity contribution in [3.05, 3.63) is 29.3 Å². The van der Waals surface area contributed by atoms with Gasteiger partial charge in [0.15, 0.2) is 6.54 Å². The van der Waals surface area contributed by atoms with Crippen molar-refractivity contribution < 1.29 is 28.4 Å². The number of quaternary nitrogens is 1. The second-order valence-corrected chi connectivity index (χ2v) is 6.52. The fourth-order valence-electron chi connectivity index (χ4n) is 2.70. The molecule has 7 nitrogen and oxygen atoms in total. The van der Waals surface area contributed by atoms with Gasteiger partial charge in [0.2, 0.25) is 0 Å². The number of carbonyl (C=O) groups is 2. The Bertz CT molecular complexity index is 719. The van der Waals surface area contributed by atoms with Crippen LogP contribution in [0.5, 0.6) is 0 Å². The number of hydrogen-bond donors (Lipinski definition) is 2. The normalized spacial score (nSPS) is 15.1. The van der Waals surface area contributed by atoms with E-state index in [1.807, 2.05) is 0 Å². The summed E-state index contributed by atoms with van der Waals surface area (Å²) in [5.74, 6) is -0.0296. The highest BCUT2D eigenvalue weighted by Crippen LogP contribution is 2.36. The molecular weight excluding hydrogens is 344 g/mol.